The molecule has 8 heteroatoms. The Morgan fingerprint density at radius 1 is 1.30 bits per heavy atom. The third kappa shape index (κ3) is 4.16. The van der Waals surface area contributed by atoms with Gasteiger partial charge in [-0.2, -0.15) is 4.98 Å². The molecule has 3 heterocycles. The van der Waals surface area contributed by atoms with E-state index in [0.29, 0.717) is 18.1 Å². The lowest BCUT2D eigenvalue weighted by atomic mass is 10.0. The van der Waals surface area contributed by atoms with Crippen molar-refractivity contribution in [2.45, 2.75) is 30.2 Å². The summed E-state index contributed by atoms with van der Waals surface area (Å²) in [5.41, 5.74) is 1.65. The fourth-order valence-corrected chi connectivity index (χ4v) is 4.08. The van der Waals surface area contributed by atoms with Crippen molar-refractivity contribution in [1.29, 1.82) is 0 Å². The van der Waals surface area contributed by atoms with Crippen molar-refractivity contribution >= 4 is 17.7 Å². The highest BCUT2D eigenvalue weighted by atomic mass is 32.2. The molecule has 1 amide bonds. The lowest BCUT2D eigenvalue weighted by Gasteiger charge is -2.26. The van der Waals surface area contributed by atoms with Crippen molar-refractivity contribution in [3.63, 3.8) is 0 Å². The monoisotopic (exact) mass is 384 g/mol. The molecule has 1 atom stereocenters. The summed E-state index contributed by atoms with van der Waals surface area (Å²) in [6.45, 7) is 0. The summed E-state index contributed by atoms with van der Waals surface area (Å²) in [7, 11) is 0. The number of carbonyl (C=O) groups is 1. The number of rotatable bonds is 5. The van der Waals surface area contributed by atoms with E-state index in [2.05, 4.69) is 20.4 Å². The van der Waals surface area contributed by atoms with Crippen LogP contribution in [0, 0.1) is 5.82 Å². The predicted molar refractivity (Wildman–Crippen MR) is 98.5 cm³/mol. The Morgan fingerprint density at radius 2 is 2.15 bits per heavy atom. The van der Waals surface area contributed by atoms with E-state index in [1.807, 2.05) is 0 Å². The summed E-state index contributed by atoms with van der Waals surface area (Å²) < 4.78 is 18.8. The topological polar surface area (TPSA) is 80.9 Å². The molecule has 0 saturated carbocycles. The van der Waals surface area contributed by atoms with E-state index in [1.54, 1.807) is 42.4 Å². The standard InChI is InChI=1S/C19H17FN4O2S/c20-13-1-2-16-14(11-13)15(7-10-27-16)22-17(25)3-4-18-23-19(24-26-18)12-5-8-21-9-6-12/h1-2,5-6,8-9,11,15H,3-4,7,10H2,(H,22,25). The van der Waals surface area contributed by atoms with Gasteiger partial charge in [0.15, 0.2) is 0 Å². The Bertz CT molecular complexity index is 948. The minimum atomic E-state index is -0.287. The van der Waals surface area contributed by atoms with Crippen LogP contribution in [0.5, 0.6) is 0 Å². The lowest BCUT2D eigenvalue weighted by molar-refractivity contribution is -0.121. The van der Waals surface area contributed by atoms with E-state index in [0.717, 1.165) is 28.2 Å². The molecule has 0 bridgehead atoms. The summed E-state index contributed by atoms with van der Waals surface area (Å²) >= 11 is 1.68. The van der Waals surface area contributed by atoms with Gasteiger partial charge in [-0.05, 0) is 42.3 Å². The molecule has 1 unspecified atom stereocenters. The molecule has 4 rings (SSSR count). The number of pyridine rings is 1. The number of amides is 1. The zero-order valence-corrected chi connectivity index (χ0v) is 15.2. The SMILES string of the molecule is O=C(CCc1nc(-c2ccncc2)no1)NC1CCSc2ccc(F)cc21. The zero-order chi connectivity index (χ0) is 18.6. The number of benzene rings is 1. The highest BCUT2D eigenvalue weighted by molar-refractivity contribution is 7.99. The fourth-order valence-electron chi connectivity index (χ4n) is 2.98. The number of nitrogens with one attached hydrogen (secondary N) is 1. The number of halogens is 1. The number of fused-ring (bicyclic) bond motifs is 1. The largest absolute Gasteiger partial charge is 0.349 e. The second-order valence-electron chi connectivity index (χ2n) is 6.19. The van der Waals surface area contributed by atoms with Crippen LogP contribution in [0.15, 0.2) is 52.1 Å². The summed E-state index contributed by atoms with van der Waals surface area (Å²) in [6, 6.07) is 8.14. The van der Waals surface area contributed by atoms with E-state index >= 15 is 0 Å². The summed E-state index contributed by atoms with van der Waals surface area (Å²) in [5.74, 6) is 1.36. The minimum Gasteiger partial charge on any atom is -0.349 e. The molecule has 0 fully saturated rings. The minimum absolute atomic E-state index is 0.120. The molecule has 1 aliphatic heterocycles. The Kier molecular flexibility index (Phi) is 5.15. The predicted octanol–water partition coefficient (Wildman–Crippen LogP) is 3.56. The van der Waals surface area contributed by atoms with Crippen molar-refractivity contribution < 1.29 is 13.7 Å². The van der Waals surface area contributed by atoms with Crippen LogP contribution in [0.1, 0.15) is 30.3 Å². The van der Waals surface area contributed by atoms with Crippen LogP contribution in [0.3, 0.4) is 0 Å². The van der Waals surface area contributed by atoms with Crippen molar-refractivity contribution in [3.8, 4) is 11.4 Å². The fraction of sp³-hybridized carbons (Fsp3) is 0.263. The zero-order valence-electron chi connectivity index (χ0n) is 14.4. The van der Waals surface area contributed by atoms with Gasteiger partial charge in [-0.15, -0.1) is 11.8 Å². The van der Waals surface area contributed by atoms with Crippen LogP contribution in [0.25, 0.3) is 11.4 Å². The van der Waals surface area contributed by atoms with Gasteiger partial charge in [0.25, 0.3) is 0 Å². The molecule has 138 valence electrons. The number of aryl methyl sites for hydroxylation is 1. The van der Waals surface area contributed by atoms with Crippen molar-refractivity contribution in [2.75, 3.05) is 5.75 Å². The van der Waals surface area contributed by atoms with Gasteiger partial charge < -0.3 is 9.84 Å². The van der Waals surface area contributed by atoms with E-state index in [-0.39, 0.29) is 24.2 Å². The van der Waals surface area contributed by atoms with Crippen molar-refractivity contribution in [2.24, 2.45) is 0 Å². The first-order chi connectivity index (χ1) is 13.2. The summed E-state index contributed by atoms with van der Waals surface area (Å²) in [6.07, 6.45) is 4.66. The number of hydrogen-bond donors (Lipinski definition) is 1. The van der Waals surface area contributed by atoms with Gasteiger partial charge in [-0.3, -0.25) is 9.78 Å². The highest BCUT2D eigenvalue weighted by Crippen LogP contribution is 2.36. The van der Waals surface area contributed by atoms with E-state index in [4.69, 9.17) is 4.52 Å². The average Bonchev–Trinajstić information content (AvgIpc) is 3.17. The van der Waals surface area contributed by atoms with Crippen LogP contribution >= 0.6 is 11.8 Å². The quantitative estimate of drug-likeness (QED) is 0.724. The first-order valence-electron chi connectivity index (χ1n) is 8.63. The number of aromatic nitrogens is 3. The Labute approximate surface area is 159 Å². The highest BCUT2D eigenvalue weighted by Gasteiger charge is 2.23. The van der Waals surface area contributed by atoms with Crippen LogP contribution in [0.2, 0.25) is 0 Å². The molecule has 2 aromatic heterocycles. The smallest absolute Gasteiger partial charge is 0.227 e. The molecule has 1 N–H and O–H groups in total. The van der Waals surface area contributed by atoms with Gasteiger partial charge >= 0.3 is 0 Å². The molecule has 6 nitrogen and oxygen atoms in total. The normalized spacial score (nSPS) is 16.0. The molecular weight excluding hydrogens is 367 g/mol. The third-order valence-electron chi connectivity index (χ3n) is 4.32. The summed E-state index contributed by atoms with van der Waals surface area (Å²) in [5, 5.41) is 6.92. The third-order valence-corrected chi connectivity index (χ3v) is 5.44. The number of carbonyl (C=O) groups excluding carboxylic acids is 1. The van der Waals surface area contributed by atoms with Crippen LogP contribution in [0.4, 0.5) is 4.39 Å². The van der Waals surface area contributed by atoms with Gasteiger partial charge in [0.1, 0.15) is 5.82 Å². The first-order valence-corrected chi connectivity index (χ1v) is 9.62. The van der Waals surface area contributed by atoms with Gasteiger partial charge in [0.2, 0.25) is 17.6 Å². The maximum absolute atomic E-state index is 13.6. The molecule has 0 spiro atoms. The van der Waals surface area contributed by atoms with Crippen molar-refractivity contribution in [1.82, 2.24) is 20.4 Å². The average molecular weight is 384 g/mol. The van der Waals surface area contributed by atoms with E-state index in [1.165, 1.54) is 12.1 Å². The van der Waals surface area contributed by atoms with Gasteiger partial charge in [-0.25, -0.2) is 4.39 Å². The van der Waals surface area contributed by atoms with E-state index < -0.39 is 0 Å². The lowest BCUT2D eigenvalue weighted by Crippen LogP contribution is -2.30. The summed E-state index contributed by atoms with van der Waals surface area (Å²) in [4.78, 5) is 21.6. The Hall–Kier alpha value is -2.74. The van der Waals surface area contributed by atoms with Crippen molar-refractivity contribution in [3.05, 3.63) is 60.0 Å². The number of hydrogen-bond acceptors (Lipinski definition) is 6. The molecule has 1 aliphatic rings. The molecular formula is C19H17FN4O2S. The van der Waals surface area contributed by atoms with Gasteiger partial charge in [0.05, 0.1) is 6.04 Å². The van der Waals surface area contributed by atoms with Gasteiger partial charge in [-0.1, -0.05) is 5.16 Å². The maximum atomic E-state index is 13.6. The first kappa shape index (κ1) is 17.7. The Balaban J connectivity index is 1.36. The van der Waals surface area contributed by atoms with Crippen LogP contribution < -0.4 is 5.32 Å². The molecule has 0 radical (unpaired) electrons. The molecule has 0 aliphatic carbocycles. The molecule has 27 heavy (non-hydrogen) atoms. The molecule has 1 aromatic carbocycles. The molecule has 3 aromatic rings. The second kappa shape index (κ2) is 7.87. The molecule has 0 saturated heterocycles. The maximum Gasteiger partial charge on any atom is 0.227 e. The van der Waals surface area contributed by atoms with Gasteiger partial charge in [0, 0.05) is 41.4 Å². The second-order valence-corrected chi connectivity index (χ2v) is 7.32. The van der Waals surface area contributed by atoms with Crippen LogP contribution in [-0.4, -0.2) is 26.8 Å². The number of thioether (sulfide) groups is 1. The number of nitrogens with zero attached hydrogens (tertiary/aromatic N) is 3. The van der Waals surface area contributed by atoms with Crippen LogP contribution in [-0.2, 0) is 11.2 Å². The van der Waals surface area contributed by atoms with E-state index in [9.17, 15) is 9.18 Å². The Morgan fingerprint density at radius 3 is 3.00 bits per heavy atom.